The lowest BCUT2D eigenvalue weighted by Crippen LogP contribution is -2.45. The fourth-order valence-electron chi connectivity index (χ4n) is 1.43. The molecule has 4 nitrogen and oxygen atoms in total. The number of carbonyl (C=O) groups excluding carboxylic acids is 2. The van der Waals surface area contributed by atoms with E-state index in [4.69, 9.17) is 0 Å². The number of alkyl halides is 6. The maximum absolute atomic E-state index is 12.2. The first-order valence-corrected chi connectivity index (χ1v) is 10.5. The molecule has 0 N–H and O–H groups in total. The van der Waals surface area contributed by atoms with Crippen molar-refractivity contribution in [2.75, 3.05) is 6.61 Å². The Labute approximate surface area is 135 Å². The molecule has 0 fully saturated rings. The Kier molecular flexibility index (Phi) is 8.00. The summed E-state index contributed by atoms with van der Waals surface area (Å²) >= 11 is 0. The largest absolute Gasteiger partial charge is 0.463 e. The Morgan fingerprint density at radius 2 is 1.42 bits per heavy atom. The molecule has 0 aromatic carbocycles. The highest BCUT2D eigenvalue weighted by Crippen LogP contribution is 2.35. The molecule has 0 aliphatic carbocycles. The first-order chi connectivity index (χ1) is 10.6. The third-order valence-electron chi connectivity index (χ3n) is 2.50. The van der Waals surface area contributed by atoms with Crippen LogP contribution in [0.3, 0.4) is 0 Å². The summed E-state index contributed by atoms with van der Waals surface area (Å²) in [7, 11) is -1.32. The quantitative estimate of drug-likeness (QED) is 0.221. The lowest BCUT2D eigenvalue weighted by Gasteiger charge is -2.22. The average molecular weight is 380 g/mol. The zero-order valence-corrected chi connectivity index (χ0v) is 14.3. The van der Waals surface area contributed by atoms with Crippen LogP contribution < -0.4 is 0 Å². The summed E-state index contributed by atoms with van der Waals surface area (Å²) in [6.07, 6.45) is -14.7. The Hall–Kier alpha value is -1.52. The molecule has 140 valence electrons. The Bertz CT molecular complexity index is 451. The van der Waals surface area contributed by atoms with Crippen molar-refractivity contribution in [3.8, 4) is 0 Å². The van der Waals surface area contributed by atoms with Crippen molar-refractivity contribution in [3.05, 3.63) is 12.2 Å². The van der Waals surface area contributed by atoms with Gasteiger partial charge < -0.3 is 9.47 Å². The van der Waals surface area contributed by atoms with Crippen molar-refractivity contribution in [3.63, 3.8) is 0 Å². The van der Waals surface area contributed by atoms with Gasteiger partial charge in [-0.1, -0.05) is 25.7 Å². The van der Waals surface area contributed by atoms with E-state index in [0.717, 1.165) is 6.04 Å². The molecule has 0 saturated heterocycles. The van der Waals surface area contributed by atoms with E-state index in [-0.39, 0.29) is 12.7 Å². The molecular formula is C13H18F6O4Si. The Morgan fingerprint density at radius 3 is 1.83 bits per heavy atom. The van der Waals surface area contributed by atoms with Gasteiger partial charge in [-0.05, 0) is 6.42 Å². The van der Waals surface area contributed by atoms with E-state index < -0.39 is 38.5 Å². The predicted molar refractivity (Wildman–Crippen MR) is 74.9 cm³/mol. The predicted octanol–water partition coefficient (Wildman–Crippen LogP) is 3.85. The minimum Gasteiger partial charge on any atom is -0.463 e. The van der Waals surface area contributed by atoms with E-state index in [0.29, 0.717) is 12.5 Å². The molecule has 0 amide bonds. The molecule has 0 aliphatic heterocycles. The molecule has 0 unspecified atom stereocenters. The summed E-state index contributed by atoms with van der Waals surface area (Å²) in [5, 5.41) is 0. The van der Waals surface area contributed by atoms with Gasteiger partial charge in [0.25, 0.3) is 6.10 Å². The van der Waals surface area contributed by atoms with Crippen LogP contribution in [0.5, 0.6) is 0 Å². The second kappa shape index (κ2) is 8.54. The summed E-state index contributed by atoms with van der Waals surface area (Å²) < 4.78 is 81.0. The number of hydrogen-bond acceptors (Lipinski definition) is 4. The van der Waals surface area contributed by atoms with Gasteiger partial charge in [-0.3, -0.25) is 0 Å². The van der Waals surface area contributed by atoms with Gasteiger partial charge in [0.15, 0.2) is 0 Å². The van der Waals surface area contributed by atoms with Gasteiger partial charge in [0.1, 0.15) is 0 Å². The zero-order chi connectivity index (χ0) is 19.2. The van der Waals surface area contributed by atoms with Crippen LogP contribution in [-0.2, 0) is 19.1 Å². The van der Waals surface area contributed by atoms with E-state index in [1.165, 1.54) is 0 Å². The standard InChI is InChI=1S/C13H18F6O4Si/c1-24(2,3)8-4-7-22-9(20)5-6-10(21)23-11(12(14,15)16)13(17,18)19/h5-6,11H,4,7-8H2,1-3H3. The maximum Gasteiger partial charge on any atom is 0.434 e. The van der Waals surface area contributed by atoms with Crippen LogP contribution >= 0.6 is 0 Å². The van der Waals surface area contributed by atoms with Gasteiger partial charge in [0.05, 0.1) is 6.61 Å². The van der Waals surface area contributed by atoms with E-state index in [1.54, 1.807) is 0 Å². The number of ether oxygens (including phenoxy) is 2. The molecule has 0 radical (unpaired) electrons. The number of esters is 2. The van der Waals surface area contributed by atoms with Crippen LogP contribution in [0.4, 0.5) is 26.3 Å². The van der Waals surface area contributed by atoms with Gasteiger partial charge >= 0.3 is 24.3 Å². The van der Waals surface area contributed by atoms with Crippen LogP contribution in [0.25, 0.3) is 0 Å². The van der Waals surface area contributed by atoms with Crippen LogP contribution in [0, 0.1) is 0 Å². The molecule has 11 heteroatoms. The van der Waals surface area contributed by atoms with Crippen LogP contribution in [0.2, 0.25) is 25.7 Å². The molecule has 0 spiro atoms. The number of carbonyl (C=O) groups is 2. The fourth-order valence-corrected chi connectivity index (χ4v) is 2.64. The fraction of sp³-hybridized carbons (Fsp3) is 0.692. The second-order valence-corrected chi connectivity index (χ2v) is 11.7. The topological polar surface area (TPSA) is 52.6 Å². The zero-order valence-electron chi connectivity index (χ0n) is 13.3. The number of rotatable bonds is 7. The maximum atomic E-state index is 12.2. The third kappa shape index (κ3) is 10.3. The van der Waals surface area contributed by atoms with Crippen molar-refractivity contribution >= 4 is 20.0 Å². The molecule has 24 heavy (non-hydrogen) atoms. The highest BCUT2D eigenvalue weighted by molar-refractivity contribution is 6.76. The van der Waals surface area contributed by atoms with Crippen molar-refractivity contribution < 1.29 is 45.4 Å². The monoisotopic (exact) mass is 380 g/mol. The molecule has 0 aromatic heterocycles. The van der Waals surface area contributed by atoms with Crippen molar-refractivity contribution in [1.29, 1.82) is 0 Å². The van der Waals surface area contributed by atoms with E-state index in [2.05, 4.69) is 29.1 Å². The van der Waals surface area contributed by atoms with E-state index in [1.807, 2.05) is 0 Å². The summed E-state index contributed by atoms with van der Waals surface area (Å²) in [6, 6.07) is 0.866. The second-order valence-electron chi connectivity index (χ2n) is 6.07. The molecule has 0 bridgehead atoms. The summed E-state index contributed by atoms with van der Waals surface area (Å²) in [4.78, 5) is 22.2. The van der Waals surface area contributed by atoms with Crippen molar-refractivity contribution in [2.45, 2.75) is 50.6 Å². The van der Waals surface area contributed by atoms with Gasteiger partial charge in [-0.25, -0.2) is 9.59 Å². The highest BCUT2D eigenvalue weighted by Gasteiger charge is 2.59. The van der Waals surface area contributed by atoms with Crippen LogP contribution in [-0.4, -0.2) is 45.1 Å². The first kappa shape index (κ1) is 22.5. The Morgan fingerprint density at radius 1 is 0.958 bits per heavy atom. The van der Waals surface area contributed by atoms with Gasteiger partial charge in [0, 0.05) is 20.2 Å². The van der Waals surface area contributed by atoms with E-state index >= 15 is 0 Å². The minimum absolute atomic E-state index is 0.0379. The molecule has 0 saturated carbocycles. The minimum atomic E-state index is -5.81. The van der Waals surface area contributed by atoms with Crippen LogP contribution in [0.15, 0.2) is 12.2 Å². The summed E-state index contributed by atoms with van der Waals surface area (Å²) in [5.74, 6) is -3.01. The number of halogens is 6. The van der Waals surface area contributed by atoms with Crippen molar-refractivity contribution in [2.24, 2.45) is 0 Å². The highest BCUT2D eigenvalue weighted by atomic mass is 28.3. The molecule has 0 aromatic rings. The molecule has 0 rings (SSSR count). The summed E-state index contributed by atoms with van der Waals surface area (Å²) in [6.45, 7) is 6.34. The normalized spacial score (nSPS) is 13.4. The third-order valence-corrected chi connectivity index (χ3v) is 4.35. The van der Waals surface area contributed by atoms with Crippen LogP contribution in [0.1, 0.15) is 6.42 Å². The molecular weight excluding hydrogens is 362 g/mol. The SMILES string of the molecule is C[Si](C)(C)CCCOC(=O)C=CC(=O)OC(C(F)(F)F)C(F)(F)F. The lowest BCUT2D eigenvalue weighted by molar-refractivity contribution is -0.312. The average Bonchev–Trinajstić information content (AvgIpc) is 2.35. The van der Waals surface area contributed by atoms with Crippen molar-refractivity contribution in [1.82, 2.24) is 0 Å². The lowest BCUT2D eigenvalue weighted by atomic mass is 10.3. The molecule has 0 atom stereocenters. The van der Waals surface area contributed by atoms with Gasteiger partial charge in [-0.2, -0.15) is 26.3 Å². The molecule has 0 aliphatic rings. The van der Waals surface area contributed by atoms with Gasteiger partial charge in [0.2, 0.25) is 0 Å². The van der Waals surface area contributed by atoms with Gasteiger partial charge in [-0.15, -0.1) is 0 Å². The summed E-state index contributed by atoms with van der Waals surface area (Å²) in [5.41, 5.74) is 0. The first-order valence-electron chi connectivity index (χ1n) is 6.82. The molecule has 0 heterocycles. The smallest absolute Gasteiger partial charge is 0.434 e. The van der Waals surface area contributed by atoms with E-state index in [9.17, 15) is 35.9 Å². The number of hydrogen-bond donors (Lipinski definition) is 0. The Balaban J connectivity index is 4.44.